The van der Waals surface area contributed by atoms with Gasteiger partial charge in [0.25, 0.3) is 0 Å². The van der Waals surface area contributed by atoms with Crippen LogP contribution < -0.4 is 0 Å². The van der Waals surface area contributed by atoms with Gasteiger partial charge in [0.05, 0.1) is 6.61 Å². The third-order valence-corrected chi connectivity index (χ3v) is 1.78. The fourth-order valence-corrected chi connectivity index (χ4v) is 0.662. The molecule has 0 aromatic rings. The molecule has 0 aliphatic heterocycles. The number of rotatable bonds is 4. The Morgan fingerprint density at radius 1 is 1.58 bits per heavy atom. The van der Waals surface area contributed by atoms with E-state index < -0.39 is 29.2 Å². The molecule has 0 spiro atoms. The lowest BCUT2D eigenvalue weighted by atomic mass is 10.0. The smallest absolute Gasteiger partial charge is 0.326 e. The standard InChI is InChI=1S/C6H10O5S/c1-6(12,5(10)11)4(9)3(8)2-7/h3,7-8,12H,2H2,1H3,(H,10,11). The molecule has 0 aliphatic rings. The molecule has 2 unspecified atom stereocenters. The average Bonchev–Trinajstić information content (AvgIpc) is 2.01. The minimum Gasteiger partial charge on any atom is -0.480 e. The number of aliphatic carboxylic acids is 1. The number of ketones is 1. The molecular formula is C6H10O5S. The number of Topliss-reactive ketones (excluding diaryl/α,β-unsaturated/α-hetero) is 1. The molecule has 0 aliphatic carbocycles. The molecule has 70 valence electrons. The lowest BCUT2D eigenvalue weighted by molar-refractivity contribution is -0.146. The van der Waals surface area contributed by atoms with Crippen LogP contribution in [0.15, 0.2) is 0 Å². The Kier molecular flexibility index (Phi) is 3.69. The van der Waals surface area contributed by atoms with E-state index in [0.29, 0.717) is 0 Å². The molecule has 0 aromatic heterocycles. The van der Waals surface area contributed by atoms with Gasteiger partial charge in [0.2, 0.25) is 0 Å². The van der Waals surface area contributed by atoms with Gasteiger partial charge in [-0.2, -0.15) is 12.6 Å². The number of carbonyl (C=O) groups excluding carboxylic acids is 1. The van der Waals surface area contributed by atoms with Gasteiger partial charge in [-0.25, -0.2) is 0 Å². The number of aliphatic hydroxyl groups is 2. The molecule has 0 aromatic carbocycles. The number of carbonyl (C=O) groups is 2. The number of carboxylic acid groups (broad SMARTS) is 1. The number of hydrogen-bond donors (Lipinski definition) is 4. The third kappa shape index (κ3) is 2.20. The maximum Gasteiger partial charge on any atom is 0.326 e. The zero-order chi connectivity index (χ0) is 9.94. The van der Waals surface area contributed by atoms with Gasteiger partial charge >= 0.3 is 5.97 Å². The summed E-state index contributed by atoms with van der Waals surface area (Å²) in [5.41, 5.74) is 0. The summed E-state index contributed by atoms with van der Waals surface area (Å²) in [6, 6.07) is 0. The van der Waals surface area contributed by atoms with E-state index in [-0.39, 0.29) is 0 Å². The van der Waals surface area contributed by atoms with Crippen LogP contribution in [0.3, 0.4) is 0 Å². The second kappa shape index (κ2) is 3.88. The van der Waals surface area contributed by atoms with Crippen LogP contribution in [0.1, 0.15) is 6.92 Å². The first-order chi connectivity index (χ1) is 5.34. The topological polar surface area (TPSA) is 94.8 Å². The van der Waals surface area contributed by atoms with Gasteiger partial charge in [-0.05, 0) is 6.92 Å². The Labute approximate surface area is 74.4 Å². The average molecular weight is 194 g/mol. The van der Waals surface area contributed by atoms with Crippen LogP contribution >= 0.6 is 12.6 Å². The molecule has 2 atom stereocenters. The molecule has 6 heteroatoms. The first kappa shape index (κ1) is 11.4. The number of hydrogen-bond acceptors (Lipinski definition) is 5. The molecule has 0 fully saturated rings. The summed E-state index contributed by atoms with van der Waals surface area (Å²) in [5.74, 6) is -2.48. The monoisotopic (exact) mass is 194 g/mol. The highest BCUT2D eigenvalue weighted by Gasteiger charge is 2.40. The van der Waals surface area contributed by atoms with Crippen LogP contribution in [-0.4, -0.2) is 44.5 Å². The number of thiol groups is 1. The van der Waals surface area contributed by atoms with Gasteiger partial charge in [-0.1, -0.05) is 0 Å². The molecule has 0 heterocycles. The quantitative estimate of drug-likeness (QED) is 0.329. The summed E-state index contributed by atoms with van der Waals surface area (Å²) < 4.78 is -1.96. The molecule has 0 saturated heterocycles. The Hall–Kier alpha value is -0.590. The minimum absolute atomic E-state index is 0.803. The van der Waals surface area contributed by atoms with E-state index >= 15 is 0 Å². The SMILES string of the molecule is CC(S)(C(=O)O)C(=O)C(O)CO. The minimum atomic E-state index is -1.96. The Bertz CT molecular complexity index is 200. The number of aliphatic hydroxyl groups excluding tert-OH is 2. The van der Waals surface area contributed by atoms with Crippen LogP contribution in [0.5, 0.6) is 0 Å². The van der Waals surface area contributed by atoms with Gasteiger partial charge in [0.1, 0.15) is 6.10 Å². The zero-order valence-electron chi connectivity index (χ0n) is 6.39. The van der Waals surface area contributed by atoms with Crippen molar-refractivity contribution in [3.63, 3.8) is 0 Å². The van der Waals surface area contributed by atoms with Crippen molar-refractivity contribution >= 4 is 24.4 Å². The summed E-state index contributed by atoms with van der Waals surface area (Å²) in [5, 5.41) is 25.6. The van der Waals surface area contributed by atoms with Crippen LogP contribution in [-0.2, 0) is 9.59 Å². The molecule has 0 amide bonds. The van der Waals surface area contributed by atoms with Crippen molar-refractivity contribution in [1.82, 2.24) is 0 Å². The van der Waals surface area contributed by atoms with E-state index in [1.807, 2.05) is 0 Å². The van der Waals surface area contributed by atoms with E-state index in [1.165, 1.54) is 0 Å². The molecule has 0 bridgehead atoms. The third-order valence-electron chi connectivity index (χ3n) is 1.37. The van der Waals surface area contributed by atoms with Gasteiger partial charge in [-0.3, -0.25) is 9.59 Å². The van der Waals surface area contributed by atoms with E-state index in [9.17, 15) is 9.59 Å². The Balaban J connectivity index is 4.57. The fourth-order valence-electron chi connectivity index (χ4n) is 0.513. The van der Waals surface area contributed by atoms with Crippen molar-refractivity contribution in [3.05, 3.63) is 0 Å². The van der Waals surface area contributed by atoms with Crippen molar-refractivity contribution in [3.8, 4) is 0 Å². The summed E-state index contributed by atoms with van der Waals surface area (Å²) in [4.78, 5) is 21.4. The zero-order valence-corrected chi connectivity index (χ0v) is 7.28. The molecule has 12 heavy (non-hydrogen) atoms. The predicted molar refractivity (Wildman–Crippen MR) is 43.1 cm³/mol. The van der Waals surface area contributed by atoms with Gasteiger partial charge in [0, 0.05) is 0 Å². The van der Waals surface area contributed by atoms with E-state index in [2.05, 4.69) is 12.6 Å². The van der Waals surface area contributed by atoms with Crippen molar-refractivity contribution in [2.24, 2.45) is 0 Å². The first-order valence-corrected chi connectivity index (χ1v) is 3.57. The summed E-state index contributed by atoms with van der Waals surface area (Å²) in [7, 11) is 0. The predicted octanol–water partition coefficient (Wildman–Crippen LogP) is -1.32. The Morgan fingerprint density at radius 2 is 2.00 bits per heavy atom. The van der Waals surface area contributed by atoms with Crippen molar-refractivity contribution in [2.75, 3.05) is 6.61 Å². The van der Waals surface area contributed by atoms with Crippen molar-refractivity contribution in [2.45, 2.75) is 17.8 Å². The van der Waals surface area contributed by atoms with E-state index in [1.54, 1.807) is 0 Å². The maximum absolute atomic E-state index is 11.0. The lowest BCUT2D eigenvalue weighted by Gasteiger charge is -2.18. The molecule has 0 rings (SSSR count). The van der Waals surface area contributed by atoms with Gasteiger partial charge in [-0.15, -0.1) is 0 Å². The van der Waals surface area contributed by atoms with Crippen molar-refractivity contribution < 1.29 is 24.9 Å². The lowest BCUT2D eigenvalue weighted by Crippen LogP contribution is -2.45. The molecule has 0 saturated carbocycles. The summed E-state index contributed by atoms with van der Waals surface area (Å²) >= 11 is 3.55. The number of carboxylic acids is 1. The van der Waals surface area contributed by atoms with Gasteiger partial charge in [0.15, 0.2) is 10.5 Å². The highest BCUT2D eigenvalue weighted by atomic mass is 32.1. The second-order valence-corrected chi connectivity index (χ2v) is 3.33. The highest BCUT2D eigenvalue weighted by Crippen LogP contribution is 2.16. The second-order valence-electron chi connectivity index (χ2n) is 2.44. The molecule has 5 nitrogen and oxygen atoms in total. The molecule has 0 radical (unpaired) electrons. The summed E-state index contributed by atoms with van der Waals surface area (Å²) in [6.45, 7) is 0.238. The first-order valence-electron chi connectivity index (χ1n) is 3.13. The van der Waals surface area contributed by atoms with Crippen LogP contribution in [0.4, 0.5) is 0 Å². The van der Waals surface area contributed by atoms with Crippen molar-refractivity contribution in [1.29, 1.82) is 0 Å². The normalized spacial score (nSPS) is 18.0. The van der Waals surface area contributed by atoms with Crippen LogP contribution in [0.25, 0.3) is 0 Å². The molecular weight excluding hydrogens is 184 g/mol. The van der Waals surface area contributed by atoms with Crippen LogP contribution in [0, 0.1) is 0 Å². The fraction of sp³-hybridized carbons (Fsp3) is 0.667. The van der Waals surface area contributed by atoms with E-state index in [4.69, 9.17) is 15.3 Å². The van der Waals surface area contributed by atoms with E-state index in [0.717, 1.165) is 6.92 Å². The summed E-state index contributed by atoms with van der Waals surface area (Å²) in [6.07, 6.45) is -1.69. The van der Waals surface area contributed by atoms with Gasteiger partial charge < -0.3 is 15.3 Å². The maximum atomic E-state index is 11.0. The van der Waals surface area contributed by atoms with Crippen LogP contribution in [0.2, 0.25) is 0 Å². The highest BCUT2D eigenvalue weighted by molar-refractivity contribution is 7.83. The molecule has 3 N–H and O–H groups in total. The largest absolute Gasteiger partial charge is 0.480 e. The Morgan fingerprint density at radius 3 is 2.25 bits per heavy atom.